The van der Waals surface area contributed by atoms with Crippen LogP contribution in [0.4, 0.5) is 0 Å². The first-order chi connectivity index (χ1) is 17.1. The van der Waals surface area contributed by atoms with Gasteiger partial charge >= 0.3 is 0 Å². The molecule has 1 N–H and O–H groups in total. The predicted octanol–water partition coefficient (Wildman–Crippen LogP) is 5.48. The van der Waals surface area contributed by atoms with Gasteiger partial charge in [-0.25, -0.2) is 0 Å². The lowest BCUT2D eigenvalue weighted by atomic mass is 10.0. The van der Waals surface area contributed by atoms with E-state index in [9.17, 15) is 9.59 Å². The van der Waals surface area contributed by atoms with Crippen molar-refractivity contribution in [3.05, 3.63) is 137 Å². The highest BCUT2D eigenvalue weighted by atomic mass is 16.2. The van der Waals surface area contributed by atoms with Gasteiger partial charge in [0.05, 0.1) is 12.5 Å². The molecular weight excluding hydrogens is 434 g/mol. The van der Waals surface area contributed by atoms with Gasteiger partial charge in [0.1, 0.15) is 0 Å². The van der Waals surface area contributed by atoms with E-state index in [1.54, 1.807) is 24.5 Å². The largest absolute Gasteiger partial charge is 0.345 e. The number of benzene rings is 3. The lowest BCUT2D eigenvalue weighted by Gasteiger charge is -2.27. The van der Waals surface area contributed by atoms with Crippen LogP contribution in [-0.4, -0.2) is 21.7 Å². The normalized spacial score (nSPS) is 11.5. The van der Waals surface area contributed by atoms with E-state index in [0.717, 1.165) is 22.3 Å². The molecule has 0 aliphatic carbocycles. The van der Waals surface area contributed by atoms with Crippen LogP contribution in [0.5, 0.6) is 0 Å². The maximum absolute atomic E-state index is 13.7. The maximum Gasteiger partial charge on any atom is 0.251 e. The molecule has 0 saturated heterocycles. The van der Waals surface area contributed by atoms with E-state index in [1.807, 2.05) is 83.8 Å². The number of nitrogens with zero attached hydrogens (tertiary/aromatic N) is 2. The average Bonchev–Trinajstić information content (AvgIpc) is 2.90. The number of aryl methyl sites for hydroxylation is 1. The summed E-state index contributed by atoms with van der Waals surface area (Å²) in [5.74, 6) is -0.246. The Kier molecular flexibility index (Phi) is 8.02. The van der Waals surface area contributed by atoms with Crippen LogP contribution in [0.2, 0.25) is 0 Å². The summed E-state index contributed by atoms with van der Waals surface area (Å²) in [6.07, 6.45) is 3.65. The van der Waals surface area contributed by atoms with Gasteiger partial charge in [0, 0.05) is 31.0 Å². The molecule has 0 radical (unpaired) electrons. The second-order valence-corrected chi connectivity index (χ2v) is 8.54. The monoisotopic (exact) mass is 463 g/mol. The summed E-state index contributed by atoms with van der Waals surface area (Å²) < 4.78 is 0. The van der Waals surface area contributed by atoms with Gasteiger partial charge in [0.2, 0.25) is 5.91 Å². The Morgan fingerprint density at radius 3 is 2.20 bits per heavy atom. The van der Waals surface area contributed by atoms with Gasteiger partial charge in [-0.3, -0.25) is 14.6 Å². The van der Waals surface area contributed by atoms with Crippen LogP contribution >= 0.6 is 0 Å². The van der Waals surface area contributed by atoms with E-state index < -0.39 is 6.04 Å². The second kappa shape index (κ2) is 11.7. The van der Waals surface area contributed by atoms with Crippen LogP contribution < -0.4 is 5.32 Å². The summed E-state index contributed by atoms with van der Waals surface area (Å²) in [5.41, 5.74) is 4.64. The Balaban J connectivity index is 1.58. The first-order valence-electron chi connectivity index (χ1n) is 11.7. The zero-order valence-corrected chi connectivity index (χ0v) is 19.8. The fraction of sp³-hybridized carbons (Fsp3) is 0.167. The lowest BCUT2D eigenvalue weighted by molar-refractivity contribution is -0.133. The third-order valence-corrected chi connectivity index (χ3v) is 5.99. The summed E-state index contributed by atoms with van der Waals surface area (Å²) in [6.45, 7) is 2.97. The third-order valence-electron chi connectivity index (χ3n) is 5.99. The highest BCUT2D eigenvalue weighted by Gasteiger charge is 2.23. The molecule has 1 atom stereocenters. The minimum absolute atomic E-state index is 0.0423. The van der Waals surface area contributed by atoms with Crippen molar-refractivity contribution in [1.29, 1.82) is 0 Å². The molecule has 1 heterocycles. The Bertz CT molecular complexity index is 1240. The van der Waals surface area contributed by atoms with Crippen molar-refractivity contribution in [3.63, 3.8) is 0 Å². The molecule has 4 aromatic rings. The molecule has 3 aromatic carbocycles. The van der Waals surface area contributed by atoms with Crippen LogP contribution in [0.3, 0.4) is 0 Å². The van der Waals surface area contributed by atoms with Crippen LogP contribution in [0.1, 0.15) is 45.1 Å². The number of rotatable bonds is 9. The first kappa shape index (κ1) is 23.9. The van der Waals surface area contributed by atoms with Crippen LogP contribution in [0.25, 0.3) is 0 Å². The summed E-state index contributed by atoms with van der Waals surface area (Å²) in [7, 11) is 0. The van der Waals surface area contributed by atoms with E-state index >= 15 is 0 Å². The van der Waals surface area contributed by atoms with Gasteiger partial charge in [-0.1, -0.05) is 78.9 Å². The molecule has 0 bridgehead atoms. The lowest BCUT2D eigenvalue weighted by Crippen LogP contribution is -2.36. The molecule has 0 spiro atoms. The number of hydrogen-bond donors (Lipinski definition) is 1. The zero-order chi connectivity index (χ0) is 24.5. The summed E-state index contributed by atoms with van der Waals surface area (Å²) >= 11 is 0. The maximum atomic E-state index is 13.7. The van der Waals surface area contributed by atoms with Crippen molar-refractivity contribution in [2.75, 3.05) is 0 Å². The van der Waals surface area contributed by atoms with Crippen molar-refractivity contribution in [2.24, 2.45) is 0 Å². The van der Waals surface area contributed by atoms with Crippen LogP contribution in [-0.2, 0) is 17.9 Å². The fourth-order valence-electron chi connectivity index (χ4n) is 4.01. The number of nitrogens with one attached hydrogen (secondary N) is 1. The van der Waals surface area contributed by atoms with Gasteiger partial charge in [0.15, 0.2) is 0 Å². The van der Waals surface area contributed by atoms with Crippen molar-refractivity contribution in [3.8, 4) is 0 Å². The molecular formula is C30H29N3O2. The van der Waals surface area contributed by atoms with Gasteiger partial charge in [0.25, 0.3) is 5.91 Å². The van der Waals surface area contributed by atoms with Crippen LogP contribution in [0, 0.1) is 6.92 Å². The number of carbonyl (C=O) groups is 2. The highest BCUT2D eigenvalue weighted by Crippen LogP contribution is 2.21. The van der Waals surface area contributed by atoms with Crippen molar-refractivity contribution < 1.29 is 9.59 Å². The molecule has 35 heavy (non-hydrogen) atoms. The molecule has 0 aliphatic heterocycles. The topological polar surface area (TPSA) is 62.3 Å². The molecule has 0 aliphatic rings. The van der Waals surface area contributed by atoms with E-state index in [-0.39, 0.29) is 18.2 Å². The SMILES string of the molecule is Cc1ccccc1CN(Cc1cccnc1)C(=O)CC(NC(=O)c1ccccc1)c1ccccc1. The summed E-state index contributed by atoms with van der Waals surface area (Å²) in [6, 6.07) is 30.2. The predicted molar refractivity (Wildman–Crippen MR) is 137 cm³/mol. The molecule has 1 aromatic heterocycles. The zero-order valence-electron chi connectivity index (χ0n) is 19.8. The minimum Gasteiger partial charge on any atom is -0.345 e. The number of pyridine rings is 1. The van der Waals surface area contributed by atoms with Gasteiger partial charge < -0.3 is 10.2 Å². The van der Waals surface area contributed by atoms with E-state index in [0.29, 0.717) is 18.7 Å². The Morgan fingerprint density at radius 2 is 1.51 bits per heavy atom. The first-order valence-corrected chi connectivity index (χ1v) is 11.7. The average molecular weight is 464 g/mol. The Hall–Kier alpha value is -4.25. The fourth-order valence-corrected chi connectivity index (χ4v) is 4.01. The number of carbonyl (C=O) groups excluding carboxylic acids is 2. The van der Waals surface area contributed by atoms with Gasteiger partial charge in [-0.2, -0.15) is 0 Å². The van der Waals surface area contributed by atoms with Crippen molar-refractivity contribution in [1.82, 2.24) is 15.2 Å². The van der Waals surface area contributed by atoms with Gasteiger partial charge in [-0.05, 0) is 47.4 Å². The molecule has 176 valence electrons. The summed E-state index contributed by atoms with van der Waals surface area (Å²) in [4.78, 5) is 32.7. The smallest absolute Gasteiger partial charge is 0.251 e. The minimum atomic E-state index is -0.454. The Morgan fingerprint density at radius 1 is 0.829 bits per heavy atom. The van der Waals surface area contributed by atoms with Gasteiger partial charge in [-0.15, -0.1) is 0 Å². The molecule has 0 fully saturated rings. The summed E-state index contributed by atoms with van der Waals surface area (Å²) in [5, 5.41) is 3.08. The molecule has 5 heteroatoms. The molecule has 2 amide bonds. The third kappa shape index (κ3) is 6.64. The molecule has 4 rings (SSSR count). The van der Waals surface area contributed by atoms with E-state index in [2.05, 4.69) is 23.3 Å². The Labute approximate surface area is 206 Å². The second-order valence-electron chi connectivity index (χ2n) is 8.54. The number of amides is 2. The molecule has 1 unspecified atom stereocenters. The van der Waals surface area contributed by atoms with E-state index in [1.165, 1.54) is 0 Å². The molecule has 0 saturated carbocycles. The quantitative estimate of drug-likeness (QED) is 0.358. The van der Waals surface area contributed by atoms with Crippen LogP contribution in [0.15, 0.2) is 109 Å². The van der Waals surface area contributed by atoms with E-state index in [4.69, 9.17) is 0 Å². The number of aromatic nitrogens is 1. The standard InChI is InChI=1S/C30H29N3O2/c1-23-11-8-9-17-27(23)22-33(21-24-12-10-18-31-20-24)29(34)19-28(25-13-4-2-5-14-25)32-30(35)26-15-6-3-7-16-26/h2-18,20,28H,19,21-22H2,1H3,(H,32,35). The highest BCUT2D eigenvalue weighted by molar-refractivity contribution is 5.94. The van der Waals surface area contributed by atoms with Crippen molar-refractivity contribution in [2.45, 2.75) is 32.5 Å². The molecule has 5 nitrogen and oxygen atoms in total. The number of hydrogen-bond acceptors (Lipinski definition) is 3. The van der Waals surface area contributed by atoms with Crippen molar-refractivity contribution >= 4 is 11.8 Å².